The molecule has 0 aliphatic carbocycles. The maximum absolute atomic E-state index is 13.3. The van der Waals surface area contributed by atoms with Crippen molar-refractivity contribution in [1.82, 2.24) is 10.2 Å². The van der Waals surface area contributed by atoms with Crippen molar-refractivity contribution < 1.29 is 19.1 Å². The molecule has 53 heavy (non-hydrogen) atoms. The second kappa shape index (κ2) is 21.6. The Morgan fingerprint density at radius 2 is 1.51 bits per heavy atom. The molecule has 2 aliphatic heterocycles. The average molecular weight is 747 g/mol. The first-order chi connectivity index (χ1) is 25.9. The van der Waals surface area contributed by atoms with Crippen LogP contribution in [0.5, 0.6) is 5.75 Å². The van der Waals surface area contributed by atoms with E-state index >= 15 is 0 Å². The van der Waals surface area contributed by atoms with E-state index in [1.54, 1.807) is 4.90 Å². The molecule has 1 saturated heterocycles. The second-order valence-electron chi connectivity index (χ2n) is 15.8. The number of fused-ring (bicyclic) bond motifs is 2. The molecule has 0 saturated carbocycles. The largest absolute Gasteiger partial charge is 0.494 e. The lowest BCUT2D eigenvalue weighted by Crippen LogP contribution is -2.46. The molecule has 3 aromatic rings. The summed E-state index contributed by atoms with van der Waals surface area (Å²) in [6, 6.07) is 14.9. The van der Waals surface area contributed by atoms with Gasteiger partial charge in [-0.2, -0.15) is 0 Å². The van der Waals surface area contributed by atoms with Crippen LogP contribution in [0.4, 0.5) is 16.2 Å². The van der Waals surface area contributed by atoms with Gasteiger partial charge in [0.05, 0.1) is 12.3 Å². The minimum atomic E-state index is -0.475. The first kappa shape index (κ1) is 40.9. The third-order valence-corrected chi connectivity index (χ3v) is 12.0. The van der Waals surface area contributed by atoms with E-state index in [-0.39, 0.29) is 18.1 Å². The summed E-state index contributed by atoms with van der Waals surface area (Å²) in [7, 11) is 0. The van der Waals surface area contributed by atoms with Gasteiger partial charge in [-0.25, -0.2) is 4.79 Å². The first-order valence-corrected chi connectivity index (χ1v) is 21.7. The summed E-state index contributed by atoms with van der Waals surface area (Å²) in [6.45, 7) is 12.9. The topological polar surface area (TPSA) is 74.3 Å². The molecular weight excluding hydrogens is 681 g/mol. The van der Waals surface area contributed by atoms with Gasteiger partial charge in [0.2, 0.25) is 5.91 Å². The van der Waals surface area contributed by atoms with Gasteiger partial charge in [0.1, 0.15) is 5.75 Å². The van der Waals surface area contributed by atoms with Gasteiger partial charge in [0, 0.05) is 66.4 Å². The van der Waals surface area contributed by atoms with Crippen molar-refractivity contribution in [1.29, 1.82) is 0 Å². The monoisotopic (exact) mass is 746 g/mol. The third-order valence-electron chi connectivity index (χ3n) is 11.1. The van der Waals surface area contributed by atoms with Crippen molar-refractivity contribution in [2.24, 2.45) is 0 Å². The summed E-state index contributed by atoms with van der Waals surface area (Å²) in [5.74, 6) is 0.693. The van der Waals surface area contributed by atoms with E-state index in [4.69, 9.17) is 9.47 Å². The van der Waals surface area contributed by atoms with Crippen LogP contribution in [-0.4, -0.2) is 69.5 Å². The number of piperazine rings is 1. The van der Waals surface area contributed by atoms with E-state index in [2.05, 4.69) is 71.6 Å². The standard InChI is InChI=1S/C44H66N4O4S/c1-4-5-6-7-8-9-10-11-12-13-14-15-16-25-45-43(50)52-35-48-40-33-36(22-23-38(40)44(2,3)34-42(48)49)51-31-18-17-26-46-27-29-47(30-28-46)39-20-19-21-41-37(39)24-32-53-41/h19-24,32-33H,4-18,25-31,34-35H2,1-3H3,(H,45,50). The minimum absolute atomic E-state index is 0.0453. The van der Waals surface area contributed by atoms with Crippen molar-refractivity contribution in [2.75, 3.05) is 62.4 Å². The van der Waals surface area contributed by atoms with Crippen LogP contribution in [0.1, 0.15) is 129 Å². The Kier molecular flexibility index (Phi) is 16.6. The molecule has 8 nitrogen and oxygen atoms in total. The van der Waals surface area contributed by atoms with Gasteiger partial charge < -0.3 is 19.7 Å². The number of rotatable bonds is 23. The average Bonchev–Trinajstić information content (AvgIpc) is 3.64. The highest BCUT2D eigenvalue weighted by atomic mass is 32.1. The van der Waals surface area contributed by atoms with Crippen LogP contribution in [0.25, 0.3) is 10.1 Å². The molecule has 3 heterocycles. The Bertz CT molecular complexity index is 1550. The Labute approximate surface area is 323 Å². The molecule has 292 valence electrons. The predicted molar refractivity (Wildman–Crippen MR) is 222 cm³/mol. The number of alkyl carbamates (subject to hydrolysis) is 1. The number of amides is 2. The molecule has 0 spiro atoms. The van der Waals surface area contributed by atoms with E-state index in [0.29, 0.717) is 19.6 Å². The number of hydrogen-bond acceptors (Lipinski definition) is 7. The van der Waals surface area contributed by atoms with Gasteiger partial charge in [-0.3, -0.25) is 14.6 Å². The number of hydrogen-bond donors (Lipinski definition) is 1. The summed E-state index contributed by atoms with van der Waals surface area (Å²) >= 11 is 1.81. The molecule has 0 radical (unpaired) electrons. The maximum atomic E-state index is 13.3. The molecular formula is C44H66N4O4S. The van der Waals surface area contributed by atoms with Crippen LogP contribution in [-0.2, 0) is 14.9 Å². The second-order valence-corrected chi connectivity index (χ2v) is 16.7. The maximum Gasteiger partial charge on any atom is 0.408 e. The lowest BCUT2D eigenvalue weighted by Gasteiger charge is -2.38. The van der Waals surface area contributed by atoms with E-state index in [1.807, 2.05) is 23.5 Å². The Hall–Kier alpha value is -3.30. The van der Waals surface area contributed by atoms with E-state index in [9.17, 15) is 9.59 Å². The van der Waals surface area contributed by atoms with Gasteiger partial charge >= 0.3 is 6.09 Å². The van der Waals surface area contributed by atoms with Crippen molar-refractivity contribution in [2.45, 2.75) is 129 Å². The molecule has 2 amide bonds. The quantitative estimate of drug-likeness (QED) is 0.0974. The molecule has 0 unspecified atom stereocenters. The Balaban J connectivity index is 0.960. The zero-order valence-electron chi connectivity index (χ0n) is 33.0. The highest BCUT2D eigenvalue weighted by Gasteiger charge is 2.37. The fourth-order valence-electron chi connectivity index (χ4n) is 7.84. The zero-order valence-corrected chi connectivity index (χ0v) is 33.8. The van der Waals surface area contributed by atoms with E-state index in [1.165, 1.54) is 86.4 Å². The van der Waals surface area contributed by atoms with E-state index in [0.717, 1.165) is 75.4 Å². The van der Waals surface area contributed by atoms with E-state index < -0.39 is 6.09 Å². The molecule has 0 atom stereocenters. The van der Waals surface area contributed by atoms with Crippen molar-refractivity contribution in [3.8, 4) is 5.75 Å². The number of carbonyl (C=O) groups excluding carboxylic acids is 2. The molecule has 1 fully saturated rings. The summed E-state index contributed by atoms with van der Waals surface area (Å²) in [6.07, 6.45) is 18.7. The number of unbranched alkanes of at least 4 members (excludes halogenated alkanes) is 13. The lowest BCUT2D eigenvalue weighted by atomic mass is 9.77. The first-order valence-electron chi connectivity index (χ1n) is 20.8. The Morgan fingerprint density at radius 3 is 2.23 bits per heavy atom. The van der Waals surface area contributed by atoms with Crippen molar-refractivity contribution in [3.05, 3.63) is 53.4 Å². The summed E-state index contributed by atoms with van der Waals surface area (Å²) in [5, 5.41) is 6.43. The smallest absolute Gasteiger partial charge is 0.408 e. The third kappa shape index (κ3) is 12.6. The molecule has 0 bridgehead atoms. The van der Waals surface area contributed by atoms with Gasteiger partial charge in [-0.05, 0) is 61.0 Å². The molecule has 1 aromatic heterocycles. The van der Waals surface area contributed by atoms with Crippen LogP contribution < -0.4 is 19.9 Å². The number of carbonyl (C=O) groups is 2. The normalized spacial score (nSPS) is 15.9. The predicted octanol–water partition coefficient (Wildman–Crippen LogP) is 10.7. The van der Waals surface area contributed by atoms with Crippen LogP contribution in [0.15, 0.2) is 47.8 Å². The van der Waals surface area contributed by atoms with Crippen LogP contribution in [0, 0.1) is 0 Å². The molecule has 2 aromatic carbocycles. The molecule has 2 aliphatic rings. The van der Waals surface area contributed by atoms with Gasteiger partial charge in [-0.15, -0.1) is 11.3 Å². The number of nitrogens with one attached hydrogen (secondary N) is 1. The SMILES string of the molecule is CCCCCCCCCCCCCCCNC(=O)OCN1C(=O)CC(C)(C)c2ccc(OCCCCN3CCN(c4cccc5sccc45)CC3)cc21. The number of thiophene rings is 1. The number of ether oxygens (including phenoxy) is 2. The number of nitrogens with zero attached hydrogens (tertiary/aromatic N) is 3. The zero-order chi connectivity index (χ0) is 37.3. The summed E-state index contributed by atoms with van der Waals surface area (Å²) in [4.78, 5) is 32.5. The fourth-order valence-corrected chi connectivity index (χ4v) is 8.65. The van der Waals surface area contributed by atoms with Gasteiger partial charge in [-0.1, -0.05) is 110 Å². The van der Waals surface area contributed by atoms with Crippen LogP contribution >= 0.6 is 11.3 Å². The molecule has 9 heteroatoms. The summed E-state index contributed by atoms with van der Waals surface area (Å²) < 4.78 is 13.1. The van der Waals surface area contributed by atoms with Crippen molar-refractivity contribution >= 4 is 44.8 Å². The van der Waals surface area contributed by atoms with Crippen LogP contribution in [0.3, 0.4) is 0 Å². The number of benzene rings is 2. The summed E-state index contributed by atoms with van der Waals surface area (Å²) in [5.41, 5.74) is 2.89. The highest BCUT2D eigenvalue weighted by molar-refractivity contribution is 7.17. The molecule has 5 rings (SSSR count). The lowest BCUT2D eigenvalue weighted by molar-refractivity contribution is -0.120. The highest BCUT2D eigenvalue weighted by Crippen LogP contribution is 2.42. The van der Waals surface area contributed by atoms with Gasteiger partial charge in [0.15, 0.2) is 6.73 Å². The molecule has 1 N–H and O–H groups in total. The van der Waals surface area contributed by atoms with Crippen molar-refractivity contribution in [3.63, 3.8) is 0 Å². The number of anilines is 2. The van der Waals surface area contributed by atoms with Gasteiger partial charge in [0.25, 0.3) is 0 Å². The fraction of sp³-hybridized carbons (Fsp3) is 0.636. The minimum Gasteiger partial charge on any atom is -0.494 e. The Morgan fingerprint density at radius 1 is 0.811 bits per heavy atom. The van der Waals surface area contributed by atoms with Crippen LogP contribution in [0.2, 0.25) is 0 Å².